The molecule has 0 aliphatic carbocycles. The summed E-state index contributed by atoms with van der Waals surface area (Å²) in [4.78, 5) is 11.7. The minimum atomic E-state index is -0.391. The van der Waals surface area contributed by atoms with Gasteiger partial charge in [0.25, 0.3) is 0 Å². The zero-order valence-corrected chi connectivity index (χ0v) is 10.6. The molecule has 1 N–H and O–H groups in total. The molecular formula is C14H19NO2. The van der Waals surface area contributed by atoms with Crippen molar-refractivity contribution >= 4 is 11.6 Å². The molecule has 17 heavy (non-hydrogen) atoms. The third-order valence-electron chi connectivity index (χ3n) is 2.16. The smallest absolute Gasteiger partial charge is 0.229 e. The van der Waals surface area contributed by atoms with Gasteiger partial charge in [-0.2, -0.15) is 0 Å². The van der Waals surface area contributed by atoms with Gasteiger partial charge in [-0.3, -0.25) is 4.79 Å². The van der Waals surface area contributed by atoms with Crippen LogP contribution in [0, 0.1) is 5.41 Å². The molecule has 0 aromatic heterocycles. The van der Waals surface area contributed by atoms with E-state index in [0.717, 1.165) is 11.4 Å². The second-order valence-electron chi connectivity index (χ2n) is 4.83. The van der Waals surface area contributed by atoms with Crippen LogP contribution in [-0.4, -0.2) is 12.5 Å². The lowest BCUT2D eigenvalue weighted by Crippen LogP contribution is -2.27. The van der Waals surface area contributed by atoms with Crippen LogP contribution in [0.5, 0.6) is 5.75 Å². The van der Waals surface area contributed by atoms with E-state index in [-0.39, 0.29) is 5.91 Å². The van der Waals surface area contributed by atoms with Crippen LogP contribution in [0.1, 0.15) is 20.8 Å². The van der Waals surface area contributed by atoms with Crippen molar-refractivity contribution in [2.75, 3.05) is 11.9 Å². The van der Waals surface area contributed by atoms with E-state index >= 15 is 0 Å². The summed E-state index contributed by atoms with van der Waals surface area (Å²) in [6.45, 7) is 9.69. The number of carbonyl (C=O) groups excluding carboxylic acids is 1. The molecule has 0 atom stereocenters. The molecule has 0 radical (unpaired) electrons. The number of rotatable bonds is 4. The number of ether oxygens (including phenoxy) is 1. The molecule has 3 heteroatoms. The molecule has 0 bridgehead atoms. The SMILES string of the molecule is C=CCOc1ccc(NC(=O)C(C)(C)C)cc1. The molecule has 0 aliphatic heterocycles. The number of nitrogens with one attached hydrogen (secondary N) is 1. The van der Waals surface area contributed by atoms with Crippen LogP contribution in [0.2, 0.25) is 0 Å². The number of carbonyl (C=O) groups is 1. The highest BCUT2D eigenvalue weighted by molar-refractivity contribution is 5.94. The molecule has 1 aromatic rings. The fourth-order valence-electron chi connectivity index (χ4n) is 1.11. The Hall–Kier alpha value is -1.77. The Morgan fingerprint density at radius 3 is 2.41 bits per heavy atom. The molecule has 0 spiro atoms. The van der Waals surface area contributed by atoms with E-state index in [9.17, 15) is 4.79 Å². The van der Waals surface area contributed by atoms with Gasteiger partial charge >= 0.3 is 0 Å². The molecule has 0 aliphatic rings. The van der Waals surface area contributed by atoms with Gasteiger partial charge in [0, 0.05) is 11.1 Å². The highest BCUT2D eigenvalue weighted by atomic mass is 16.5. The van der Waals surface area contributed by atoms with Gasteiger partial charge < -0.3 is 10.1 Å². The standard InChI is InChI=1S/C14H19NO2/c1-5-10-17-12-8-6-11(7-9-12)15-13(16)14(2,3)4/h5-9H,1,10H2,2-4H3,(H,15,16). The third kappa shape index (κ3) is 4.31. The molecule has 92 valence electrons. The minimum absolute atomic E-state index is 0.00254. The number of amides is 1. The average Bonchev–Trinajstić information content (AvgIpc) is 2.27. The maximum Gasteiger partial charge on any atom is 0.229 e. The highest BCUT2D eigenvalue weighted by Gasteiger charge is 2.20. The van der Waals surface area contributed by atoms with Crippen molar-refractivity contribution in [2.45, 2.75) is 20.8 Å². The zero-order valence-electron chi connectivity index (χ0n) is 10.6. The maximum atomic E-state index is 11.7. The predicted octanol–water partition coefficient (Wildman–Crippen LogP) is 3.24. The molecule has 3 nitrogen and oxygen atoms in total. The van der Waals surface area contributed by atoms with Crippen molar-refractivity contribution in [1.82, 2.24) is 0 Å². The van der Waals surface area contributed by atoms with Crippen LogP contribution in [0.4, 0.5) is 5.69 Å². The summed E-state index contributed by atoms with van der Waals surface area (Å²) in [6, 6.07) is 7.29. The molecular weight excluding hydrogens is 214 g/mol. The van der Waals surface area contributed by atoms with Crippen molar-refractivity contribution in [3.05, 3.63) is 36.9 Å². The van der Waals surface area contributed by atoms with E-state index in [2.05, 4.69) is 11.9 Å². The fraction of sp³-hybridized carbons (Fsp3) is 0.357. The van der Waals surface area contributed by atoms with Gasteiger partial charge in [-0.1, -0.05) is 33.4 Å². The van der Waals surface area contributed by atoms with Gasteiger partial charge in [0.15, 0.2) is 0 Å². The number of hydrogen-bond acceptors (Lipinski definition) is 2. The largest absolute Gasteiger partial charge is 0.490 e. The van der Waals surface area contributed by atoms with Crippen LogP contribution >= 0.6 is 0 Å². The first-order valence-corrected chi connectivity index (χ1v) is 5.58. The molecule has 0 fully saturated rings. The summed E-state index contributed by atoms with van der Waals surface area (Å²) in [5.41, 5.74) is 0.383. The highest BCUT2D eigenvalue weighted by Crippen LogP contribution is 2.19. The van der Waals surface area contributed by atoms with Crippen LogP contribution in [-0.2, 0) is 4.79 Å². The minimum Gasteiger partial charge on any atom is -0.490 e. The summed E-state index contributed by atoms with van der Waals surface area (Å²) in [5.74, 6) is 0.760. The Kier molecular flexibility index (Phi) is 4.32. The summed E-state index contributed by atoms with van der Waals surface area (Å²) >= 11 is 0. The normalized spacial score (nSPS) is 10.8. The summed E-state index contributed by atoms with van der Waals surface area (Å²) in [5, 5.41) is 2.85. The number of benzene rings is 1. The van der Waals surface area contributed by atoms with E-state index in [4.69, 9.17) is 4.74 Å². The van der Waals surface area contributed by atoms with Crippen molar-refractivity contribution < 1.29 is 9.53 Å². The second kappa shape index (κ2) is 5.53. The van der Waals surface area contributed by atoms with Gasteiger partial charge in [0.2, 0.25) is 5.91 Å². The molecule has 1 amide bonds. The van der Waals surface area contributed by atoms with E-state index in [1.165, 1.54) is 0 Å². The Morgan fingerprint density at radius 2 is 1.94 bits per heavy atom. The first-order chi connectivity index (χ1) is 7.93. The summed E-state index contributed by atoms with van der Waals surface area (Å²) in [6.07, 6.45) is 1.69. The lowest BCUT2D eigenvalue weighted by Gasteiger charge is -2.17. The van der Waals surface area contributed by atoms with Gasteiger partial charge in [-0.15, -0.1) is 0 Å². The molecule has 1 aromatic carbocycles. The van der Waals surface area contributed by atoms with E-state index in [0.29, 0.717) is 6.61 Å². The topological polar surface area (TPSA) is 38.3 Å². The molecule has 0 unspecified atom stereocenters. The van der Waals surface area contributed by atoms with E-state index in [1.54, 1.807) is 6.08 Å². The van der Waals surface area contributed by atoms with Crippen molar-refractivity contribution in [3.63, 3.8) is 0 Å². The molecule has 0 saturated carbocycles. The van der Waals surface area contributed by atoms with Crippen molar-refractivity contribution in [3.8, 4) is 5.75 Å². The average molecular weight is 233 g/mol. The zero-order chi connectivity index (χ0) is 12.9. The van der Waals surface area contributed by atoms with Crippen molar-refractivity contribution in [2.24, 2.45) is 5.41 Å². The number of hydrogen-bond donors (Lipinski definition) is 1. The summed E-state index contributed by atoms with van der Waals surface area (Å²) in [7, 11) is 0. The van der Waals surface area contributed by atoms with Gasteiger partial charge in [-0.25, -0.2) is 0 Å². The summed E-state index contributed by atoms with van der Waals surface area (Å²) < 4.78 is 5.35. The Morgan fingerprint density at radius 1 is 1.35 bits per heavy atom. The fourth-order valence-corrected chi connectivity index (χ4v) is 1.11. The predicted molar refractivity (Wildman–Crippen MR) is 70.2 cm³/mol. The monoisotopic (exact) mass is 233 g/mol. The third-order valence-corrected chi connectivity index (χ3v) is 2.16. The van der Waals surface area contributed by atoms with E-state index < -0.39 is 5.41 Å². The molecule has 1 rings (SSSR count). The Bertz CT molecular complexity index is 388. The second-order valence-corrected chi connectivity index (χ2v) is 4.83. The van der Waals surface area contributed by atoms with E-state index in [1.807, 2.05) is 45.0 Å². The van der Waals surface area contributed by atoms with Crippen LogP contribution < -0.4 is 10.1 Å². The number of anilines is 1. The molecule has 0 heterocycles. The lowest BCUT2D eigenvalue weighted by atomic mass is 9.95. The first kappa shape index (κ1) is 13.3. The van der Waals surface area contributed by atoms with Gasteiger partial charge in [0.1, 0.15) is 12.4 Å². The van der Waals surface area contributed by atoms with Crippen LogP contribution in [0.25, 0.3) is 0 Å². The lowest BCUT2D eigenvalue weighted by molar-refractivity contribution is -0.123. The van der Waals surface area contributed by atoms with Crippen LogP contribution in [0.15, 0.2) is 36.9 Å². The van der Waals surface area contributed by atoms with Gasteiger partial charge in [-0.05, 0) is 24.3 Å². The first-order valence-electron chi connectivity index (χ1n) is 5.58. The maximum absolute atomic E-state index is 11.7. The van der Waals surface area contributed by atoms with Crippen LogP contribution in [0.3, 0.4) is 0 Å². The molecule has 0 saturated heterocycles. The van der Waals surface area contributed by atoms with Gasteiger partial charge in [0.05, 0.1) is 0 Å². The quantitative estimate of drug-likeness (QED) is 0.811. The Balaban J connectivity index is 2.62. The Labute approximate surface area is 102 Å². The van der Waals surface area contributed by atoms with Crippen molar-refractivity contribution in [1.29, 1.82) is 0 Å².